The molecule has 90 valence electrons. The fourth-order valence-corrected chi connectivity index (χ4v) is 1.90. The minimum absolute atomic E-state index is 0.0293. The number of hydrogen-bond donors (Lipinski definition) is 0. The summed E-state index contributed by atoms with van der Waals surface area (Å²) in [6, 6.07) is 15.4. The Bertz CT molecular complexity index is 582. The van der Waals surface area contributed by atoms with Crippen LogP contribution in [0.25, 0.3) is 6.08 Å². The Morgan fingerprint density at radius 2 is 1.83 bits per heavy atom. The first-order valence-electron chi connectivity index (χ1n) is 5.70. The number of ketones is 1. The molecule has 0 amide bonds. The molecule has 0 heterocycles. The normalized spacial score (nSPS) is 10.8. The first-order chi connectivity index (χ1) is 8.65. The van der Waals surface area contributed by atoms with Crippen LogP contribution in [0.2, 0.25) is 0 Å². The van der Waals surface area contributed by atoms with E-state index in [1.165, 1.54) is 0 Å². The molecule has 2 rings (SSSR count). The summed E-state index contributed by atoms with van der Waals surface area (Å²) >= 11 is 3.38. The van der Waals surface area contributed by atoms with Crippen molar-refractivity contribution in [2.75, 3.05) is 0 Å². The predicted octanol–water partition coefficient (Wildman–Crippen LogP) is 4.65. The lowest BCUT2D eigenvalue weighted by molar-refractivity contribution is 0.104. The van der Waals surface area contributed by atoms with Crippen molar-refractivity contribution in [1.82, 2.24) is 0 Å². The Morgan fingerprint density at radius 1 is 1.11 bits per heavy atom. The summed E-state index contributed by atoms with van der Waals surface area (Å²) in [5.74, 6) is 0.0293. The van der Waals surface area contributed by atoms with E-state index in [2.05, 4.69) is 15.9 Å². The van der Waals surface area contributed by atoms with Crippen molar-refractivity contribution in [1.29, 1.82) is 0 Å². The van der Waals surface area contributed by atoms with Crippen LogP contribution in [0.15, 0.2) is 59.1 Å². The molecule has 2 aromatic rings. The molecule has 1 nitrogen and oxygen atoms in total. The van der Waals surface area contributed by atoms with Crippen molar-refractivity contribution in [2.45, 2.75) is 6.92 Å². The van der Waals surface area contributed by atoms with Gasteiger partial charge in [0.25, 0.3) is 0 Å². The number of carbonyl (C=O) groups excluding carboxylic acids is 1. The lowest BCUT2D eigenvalue weighted by Gasteiger charge is -1.98. The first-order valence-corrected chi connectivity index (χ1v) is 6.49. The highest BCUT2D eigenvalue weighted by molar-refractivity contribution is 9.10. The van der Waals surface area contributed by atoms with E-state index < -0.39 is 0 Å². The smallest absolute Gasteiger partial charge is 0.185 e. The molecule has 0 fully saturated rings. The molecular weight excluding hydrogens is 288 g/mol. The summed E-state index contributed by atoms with van der Waals surface area (Å²) in [6.07, 6.45) is 3.44. The molecule has 0 radical (unpaired) electrons. The molecule has 0 aliphatic carbocycles. The van der Waals surface area contributed by atoms with Crippen molar-refractivity contribution in [2.24, 2.45) is 0 Å². The summed E-state index contributed by atoms with van der Waals surface area (Å²) in [5, 5.41) is 0. The third kappa shape index (κ3) is 3.41. The van der Waals surface area contributed by atoms with Gasteiger partial charge in [-0.1, -0.05) is 57.9 Å². The molecule has 0 saturated carbocycles. The fourth-order valence-electron chi connectivity index (χ4n) is 1.64. The molecule has 0 atom stereocenters. The van der Waals surface area contributed by atoms with Crippen LogP contribution in [0.5, 0.6) is 0 Å². The zero-order valence-corrected chi connectivity index (χ0v) is 11.6. The molecule has 18 heavy (non-hydrogen) atoms. The van der Waals surface area contributed by atoms with Gasteiger partial charge in [0.1, 0.15) is 0 Å². The van der Waals surface area contributed by atoms with E-state index in [-0.39, 0.29) is 5.78 Å². The van der Waals surface area contributed by atoms with Gasteiger partial charge in [-0.3, -0.25) is 4.79 Å². The minimum atomic E-state index is 0.0293. The van der Waals surface area contributed by atoms with Crippen molar-refractivity contribution in [3.63, 3.8) is 0 Å². The molecule has 0 spiro atoms. The van der Waals surface area contributed by atoms with Crippen molar-refractivity contribution < 1.29 is 4.79 Å². The van der Waals surface area contributed by atoms with Gasteiger partial charge in [0.15, 0.2) is 5.78 Å². The van der Waals surface area contributed by atoms with Gasteiger partial charge in [-0.15, -0.1) is 0 Å². The van der Waals surface area contributed by atoms with Crippen molar-refractivity contribution in [3.8, 4) is 0 Å². The summed E-state index contributed by atoms with van der Waals surface area (Å²) in [5.41, 5.74) is 2.83. The first kappa shape index (κ1) is 12.8. The van der Waals surface area contributed by atoms with E-state index in [1.54, 1.807) is 6.08 Å². The lowest BCUT2D eigenvalue weighted by atomic mass is 10.1. The standard InChI is InChI=1S/C16H13BrO/c1-12-3-2-4-14(11-12)16(18)10-7-13-5-8-15(17)9-6-13/h2-11H,1H3/b10-7+. The second-order valence-corrected chi connectivity index (χ2v) is 5.03. The molecule has 2 heteroatoms. The SMILES string of the molecule is Cc1cccc(C(=O)/C=C/c2ccc(Br)cc2)c1. The quantitative estimate of drug-likeness (QED) is 0.595. The Balaban J connectivity index is 2.14. The number of allylic oxidation sites excluding steroid dienone is 1. The average Bonchev–Trinajstić information content (AvgIpc) is 2.38. The van der Waals surface area contributed by atoms with Crippen LogP contribution in [0, 0.1) is 6.92 Å². The van der Waals surface area contributed by atoms with Gasteiger partial charge in [0, 0.05) is 10.0 Å². The maximum absolute atomic E-state index is 11.9. The van der Waals surface area contributed by atoms with Crippen LogP contribution in [0.4, 0.5) is 0 Å². The molecule has 0 saturated heterocycles. The number of aryl methyl sites for hydroxylation is 1. The van der Waals surface area contributed by atoms with E-state index in [1.807, 2.05) is 61.5 Å². The monoisotopic (exact) mass is 300 g/mol. The molecule has 0 N–H and O–H groups in total. The highest BCUT2D eigenvalue weighted by Crippen LogP contribution is 2.12. The Labute approximate surface area is 115 Å². The summed E-state index contributed by atoms with van der Waals surface area (Å²) < 4.78 is 1.03. The summed E-state index contributed by atoms with van der Waals surface area (Å²) in [4.78, 5) is 11.9. The number of rotatable bonds is 3. The third-order valence-electron chi connectivity index (χ3n) is 2.60. The summed E-state index contributed by atoms with van der Waals surface area (Å²) in [7, 11) is 0. The minimum Gasteiger partial charge on any atom is -0.289 e. The van der Waals surface area contributed by atoms with Gasteiger partial charge in [0.05, 0.1) is 0 Å². The maximum atomic E-state index is 11.9. The molecule has 0 aromatic heterocycles. The fraction of sp³-hybridized carbons (Fsp3) is 0.0625. The molecule has 2 aromatic carbocycles. The molecule has 0 aliphatic heterocycles. The average molecular weight is 301 g/mol. The molecule has 0 aliphatic rings. The van der Waals surface area contributed by atoms with Crippen molar-refractivity contribution >= 4 is 27.8 Å². The second-order valence-electron chi connectivity index (χ2n) is 4.12. The Hall–Kier alpha value is -1.67. The van der Waals surface area contributed by atoms with Crippen LogP contribution in [0.3, 0.4) is 0 Å². The van der Waals surface area contributed by atoms with Gasteiger partial charge >= 0.3 is 0 Å². The largest absolute Gasteiger partial charge is 0.289 e. The van der Waals surface area contributed by atoms with Crippen molar-refractivity contribution in [3.05, 3.63) is 75.8 Å². The van der Waals surface area contributed by atoms with Gasteiger partial charge in [-0.25, -0.2) is 0 Å². The molecule has 0 unspecified atom stereocenters. The van der Waals surface area contributed by atoms with E-state index in [0.717, 1.165) is 21.2 Å². The van der Waals surface area contributed by atoms with E-state index >= 15 is 0 Å². The highest BCUT2D eigenvalue weighted by atomic mass is 79.9. The number of carbonyl (C=O) groups is 1. The summed E-state index contributed by atoms with van der Waals surface area (Å²) in [6.45, 7) is 1.98. The molecule has 0 bridgehead atoms. The Kier molecular flexibility index (Phi) is 4.11. The third-order valence-corrected chi connectivity index (χ3v) is 3.13. The lowest BCUT2D eigenvalue weighted by Crippen LogP contribution is -1.94. The second kappa shape index (κ2) is 5.78. The van der Waals surface area contributed by atoms with Crippen LogP contribution < -0.4 is 0 Å². The van der Waals surface area contributed by atoms with Gasteiger partial charge in [-0.05, 0) is 36.8 Å². The Morgan fingerprint density at radius 3 is 2.50 bits per heavy atom. The zero-order valence-electron chi connectivity index (χ0n) is 10.1. The zero-order chi connectivity index (χ0) is 13.0. The van der Waals surface area contributed by atoms with Crippen LogP contribution in [0.1, 0.15) is 21.5 Å². The number of halogens is 1. The van der Waals surface area contributed by atoms with Gasteiger partial charge < -0.3 is 0 Å². The van der Waals surface area contributed by atoms with Crippen LogP contribution in [-0.4, -0.2) is 5.78 Å². The maximum Gasteiger partial charge on any atom is 0.185 e. The predicted molar refractivity (Wildman–Crippen MR) is 78.7 cm³/mol. The van der Waals surface area contributed by atoms with Gasteiger partial charge in [-0.2, -0.15) is 0 Å². The van der Waals surface area contributed by atoms with Gasteiger partial charge in [0.2, 0.25) is 0 Å². The highest BCUT2D eigenvalue weighted by Gasteiger charge is 2.00. The van der Waals surface area contributed by atoms with E-state index in [0.29, 0.717) is 0 Å². The van der Waals surface area contributed by atoms with E-state index in [9.17, 15) is 4.79 Å². The van der Waals surface area contributed by atoms with Crippen LogP contribution in [-0.2, 0) is 0 Å². The number of benzene rings is 2. The van der Waals surface area contributed by atoms with E-state index in [4.69, 9.17) is 0 Å². The number of hydrogen-bond acceptors (Lipinski definition) is 1. The molecular formula is C16H13BrO. The topological polar surface area (TPSA) is 17.1 Å². The van der Waals surface area contributed by atoms with Crippen LogP contribution >= 0.6 is 15.9 Å².